The second-order valence-electron chi connectivity index (χ2n) is 14.3. The zero-order valence-corrected chi connectivity index (χ0v) is 35.7. The Morgan fingerprint density at radius 3 is 2.14 bits per heavy atom. The van der Waals surface area contributed by atoms with Crippen molar-refractivity contribution in [3.05, 3.63) is 103 Å². The SMILES string of the molecule is Cc1nc(NC(=O)c2ccccc2NC(=O)CCCCCCCC(=O)NCCNC(=O)CC2N=C(c3ccc(Cl)cc3)c3c(sc(C)c3C)-n3c(C)nnc32)sc1C. The first-order chi connectivity index (χ1) is 27.9. The van der Waals surface area contributed by atoms with Crippen LogP contribution in [0.2, 0.25) is 5.02 Å². The molecule has 1 aliphatic heterocycles. The second kappa shape index (κ2) is 19.5. The molecular weight excluding hydrogens is 794 g/mol. The molecule has 5 aromatic rings. The molecule has 304 valence electrons. The van der Waals surface area contributed by atoms with Gasteiger partial charge in [-0.2, -0.15) is 0 Å². The summed E-state index contributed by atoms with van der Waals surface area (Å²) in [6.07, 6.45) is 4.81. The van der Waals surface area contributed by atoms with E-state index in [1.54, 1.807) is 35.6 Å². The van der Waals surface area contributed by atoms with Crippen LogP contribution < -0.4 is 21.3 Å². The number of thiazole rings is 1. The summed E-state index contributed by atoms with van der Waals surface area (Å²) in [6, 6.07) is 13.9. The summed E-state index contributed by atoms with van der Waals surface area (Å²) in [5.74, 6) is 0.573. The van der Waals surface area contributed by atoms with Crippen LogP contribution in [0.25, 0.3) is 5.00 Å². The lowest BCUT2D eigenvalue weighted by Crippen LogP contribution is -2.35. The van der Waals surface area contributed by atoms with Crippen molar-refractivity contribution in [2.24, 2.45) is 4.99 Å². The maximum Gasteiger partial charge on any atom is 0.259 e. The number of nitrogens with zero attached hydrogens (tertiary/aromatic N) is 5. The summed E-state index contributed by atoms with van der Waals surface area (Å²) < 4.78 is 2.01. The van der Waals surface area contributed by atoms with Crippen molar-refractivity contribution in [2.45, 2.75) is 92.0 Å². The minimum Gasteiger partial charge on any atom is -0.354 e. The molecule has 1 unspecified atom stereocenters. The molecular formula is C42H48ClN9O4S2. The second-order valence-corrected chi connectivity index (χ2v) is 17.1. The summed E-state index contributed by atoms with van der Waals surface area (Å²) in [5, 5.41) is 22.5. The van der Waals surface area contributed by atoms with E-state index in [0.29, 0.717) is 53.0 Å². The number of rotatable bonds is 17. The summed E-state index contributed by atoms with van der Waals surface area (Å²) in [5.41, 5.74) is 5.51. The molecule has 0 fully saturated rings. The van der Waals surface area contributed by atoms with Crippen LogP contribution in [-0.2, 0) is 14.4 Å². The Balaban J connectivity index is 0.889. The smallest absolute Gasteiger partial charge is 0.259 e. The van der Waals surface area contributed by atoms with Crippen molar-refractivity contribution in [1.82, 2.24) is 30.4 Å². The van der Waals surface area contributed by atoms with Crippen molar-refractivity contribution >= 4 is 74.4 Å². The molecule has 4 N–H and O–H groups in total. The predicted octanol–water partition coefficient (Wildman–Crippen LogP) is 8.12. The molecule has 0 bridgehead atoms. The quantitative estimate of drug-likeness (QED) is 0.0685. The molecule has 0 radical (unpaired) electrons. The molecule has 0 aliphatic carbocycles. The van der Waals surface area contributed by atoms with Gasteiger partial charge in [0, 0.05) is 51.8 Å². The lowest BCUT2D eigenvalue weighted by molar-refractivity contribution is -0.123. The number of hydrogen-bond acceptors (Lipinski definition) is 10. The Labute approximate surface area is 351 Å². The Morgan fingerprint density at radius 1 is 0.759 bits per heavy atom. The molecule has 13 nitrogen and oxygen atoms in total. The van der Waals surface area contributed by atoms with E-state index in [0.717, 1.165) is 69.5 Å². The topological polar surface area (TPSA) is 172 Å². The average Bonchev–Trinajstić information content (AvgIpc) is 3.80. The molecule has 16 heteroatoms. The highest BCUT2D eigenvalue weighted by Gasteiger charge is 2.32. The van der Waals surface area contributed by atoms with Gasteiger partial charge in [-0.05, 0) is 77.3 Å². The molecule has 0 saturated carbocycles. The number of hydrogen-bond donors (Lipinski definition) is 4. The third-order valence-corrected chi connectivity index (χ3v) is 12.4. The zero-order chi connectivity index (χ0) is 41.3. The number of thiophene rings is 1. The van der Waals surface area contributed by atoms with Gasteiger partial charge in [0.05, 0.1) is 29.1 Å². The highest BCUT2D eigenvalue weighted by molar-refractivity contribution is 7.16. The minimum atomic E-state index is -0.575. The minimum absolute atomic E-state index is 0.0651. The van der Waals surface area contributed by atoms with Crippen LogP contribution in [0, 0.1) is 34.6 Å². The summed E-state index contributed by atoms with van der Waals surface area (Å²) in [6.45, 7) is 10.5. The number of carbonyl (C=O) groups excluding carboxylic acids is 4. The Morgan fingerprint density at radius 2 is 1.43 bits per heavy atom. The van der Waals surface area contributed by atoms with E-state index < -0.39 is 6.04 Å². The summed E-state index contributed by atoms with van der Waals surface area (Å²) in [7, 11) is 0. The number of nitrogens with one attached hydrogen (secondary N) is 4. The first kappa shape index (κ1) is 42.4. The molecule has 1 atom stereocenters. The van der Waals surface area contributed by atoms with Gasteiger partial charge >= 0.3 is 0 Å². The van der Waals surface area contributed by atoms with Gasteiger partial charge in [-0.25, -0.2) is 4.98 Å². The predicted molar refractivity (Wildman–Crippen MR) is 231 cm³/mol. The fourth-order valence-electron chi connectivity index (χ4n) is 6.67. The molecule has 3 aromatic heterocycles. The maximum atomic E-state index is 13.2. The van der Waals surface area contributed by atoms with E-state index in [-0.39, 0.29) is 36.6 Å². The van der Waals surface area contributed by atoms with Crippen LogP contribution in [-0.4, -0.2) is 62.2 Å². The fourth-order valence-corrected chi connectivity index (χ4v) is 8.82. The van der Waals surface area contributed by atoms with Gasteiger partial charge in [0.2, 0.25) is 17.7 Å². The molecule has 2 aromatic carbocycles. The number of aromatic nitrogens is 4. The number of aliphatic imine (C=N–C) groups is 1. The van der Waals surface area contributed by atoms with E-state index >= 15 is 0 Å². The van der Waals surface area contributed by atoms with Crippen molar-refractivity contribution < 1.29 is 19.2 Å². The van der Waals surface area contributed by atoms with Crippen LogP contribution in [0.5, 0.6) is 0 Å². The van der Waals surface area contributed by atoms with E-state index in [1.807, 2.05) is 49.6 Å². The number of anilines is 2. The lowest BCUT2D eigenvalue weighted by Gasteiger charge is -2.13. The largest absolute Gasteiger partial charge is 0.354 e. The number of benzene rings is 2. The van der Waals surface area contributed by atoms with Gasteiger partial charge in [0.1, 0.15) is 16.9 Å². The van der Waals surface area contributed by atoms with Crippen molar-refractivity contribution in [1.29, 1.82) is 0 Å². The van der Waals surface area contributed by atoms with Crippen LogP contribution in [0.1, 0.15) is 112 Å². The van der Waals surface area contributed by atoms with Crippen molar-refractivity contribution in [3.8, 4) is 5.00 Å². The van der Waals surface area contributed by atoms with E-state index in [2.05, 4.69) is 50.3 Å². The van der Waals surface area contributed by atoms with E-state index in [4.69, 9.17) is 16.6 Å². The number of aryl methyl sites for hydroxylation is 4. The summed E-state index contributed by atoms with van der Waals surface area (Å²) >= 11 is 9.28. The number of para-hydroxylation sites is 1. The first-order valence-electron chi connectivity index (χ1n) is 19.4. The normalized spacial score (nSPS) is 13.2. The average molecular weight is 842 g/mol. The number of unbranched alkanes of at least 4 members (excludes halogenated alkanes) is 4. The van der Waals surface area contributed by atoms with Gasteiger partial charge in [0.15, 0.2) is 11.0 Å². The Bertz CT molecular complexity index is 2310. The molecule has 58 heavy (non-hydrogen) atoms. The standard InChI is InChI=1S/C42H48ClN9O4S2/c1-24-26(3)57-41-37(24)38(29-17-19-30(43)20-18-29)48-33(39-51-50-28(5)52(39)41)23-36(55)45-22-21-44-34(53)15-9-7-6-8-10-16-35(54)47-32-14-12-11-13-31(32)40(56)49-42-46-25(2)27(4)58-42/h11-14,17-20,33H,6-10,15-16,21-23H2,1-5H3,(H,44,53)(H,45,55)(H,47,54)(H,46,49,56). The van der Waals surface area contributed by atoms with Gasteiger partial charge < -0.3 is 16.0 Å². The van der Waals surface area contributed by atoms with Gasteiger partial charge in [0.25, 0.3) is 5.91 Å². The Kier molecular flexibility index (Phi) is 14.2. The fraction of sp³-hybridized carbons (Fsp3) is 0.381. The third-order valence-electron chi connectivity index (χ3n) is 10.0. The number of fused-ring (bicyclic) bond motifs is 3. The van der Waals surface area contributed by atoms with Crippen LogP contribution in [0.15, 0.2) is 53.5 Å². The van der Waals surface area contributed by atoms with Crippen LogP contribution in [0.3, 0.4) is 0 Å². The molecule has 4 amide bonds. The van der Waals surface area contributed by atoms with Crippen LogP contribution >= 0.6 is 34.3 Å². The highest BCUT2D eigenvalue weighted by atomic mass is 35.5. The monoisotopic (exact) mass is 841 g/mol. The maximum absolute atomic E-state index is 13.2. The van der Waals surface area contributed by atoms with Crippen molar-refractivity contribution in [2.75, 3.05) is 23.7 Å². The number of halogens is 1. The van der Waals surface area contributed by atoms with E-state index in [1.165, 1.54) is 16.2 Å². The first-order valence-corrected chi connectivity index (χ1v) is 21.4. The number of carbonyl (C=O) groups is 4. The lowest BCUT2D eigenvalue weighted by atomic mass is 9.99. The van der Waals surface area contributed by atoms with E-state index in [9.17, 15) is 19.2 Å². The molecule has 6 rings (SSSR count). The van der Waals surface area contributed by atoms with Gasteiger partial charge in [-0.15, -0.1) is 32.9 Å². The third kappa shape index (κ3) is 10.4. The molecule has 1 aliphatic rings. The van der Waals surface area contributed by atoms with Gasteiger partial charge in [-0.1, -0.05) is 55.1 Å². The van der Waals surface area contributed by atoms with Crippen LogP contribution in [0.4, 0.5) is 10.8 Å². The Hall–Kier alpha value is -5.25. The molecule has 0 spiro atoms. The zero-order valence-electron chi connectivity index (χ0n) is 33.3. The summed E-state index contributed by atoms with van der Waals surface area (Å²) in [4.78, 5) is 63.0. The molecule has 4 heterocycles. The number of amides is 4. The highest BCUT2D eigenvalue weighted by Crippen LogP contribution is 2.39. The van der Waals surface area contributed by atoms with Gasteiger partial charge in [-0.3, -0.25) is 34.1 Å². The van der Waals surface area contributed by atoms with Crippen molar-refractivity contribution in [3.63, 3.8) is 0 Å². The molecule has 0 saturated heterocycles.